The molecule has 5 nitrogen and oxygen atoms in total. The molecule has 0 bridgehead atoms. The summed E-state index contributed by atoms with van der Waals surface area (Å²) in [6.45, 7) is 1.27. The second-order valence-corrected chi connectivity index (χ2v) is 6.50. The number of nitrogens with zero attached hydrogens (tertiary/aromatic N) is 2. The van der Waals surface area contributed by atoms with Gasteiger partial charge < -0.3 is 14.6 Å². The molecular formula is C21H21N3O2. The molecule has 3 aromatic rings. The topological polar surface area (TPSA) is 56.2 Å². The third kappa shape index (κ3) is 3.77. The van der Waals surface area contributed by atoms with Gasteiger partial charge in [0.05, 0.1) is 0 Å². The number of aromatic nitrogens is 2. The molecule has 1 N–H and O–H groups in total. The first-order valence-electron chi connectivity index (χ1n) is 8.85. The lowest BCUT2D eigenvalue weighted by Crippen LogP contribution is -2.40. The second-order valence-electron chi connectivity index (χ2n) is 6.50. The van der Waals surface area contributed by atoms with Gasteiger partial charge >= 0.3 is 0 Å². The minimum absolute atomic E-state index is 0.0332. The Morgan fingerprint density at radius 1 is 1.15 bits per heavy atom. The van der Waals surface area contributed by atoms with E-state index in [0.717, 1.165) is 36.5 Å². The van der Waals surface area contributed by atoms with Crippen molar-refractivity contribution < 1.29 is 9.53 Å². The maximum atomic E-state index is 12.5. The minimum atomic E-state index is -0.0332. The largest absolute Gasteiger partial charge is 0.489 e. The Labute approximate surface area is 152 Å². The number of aryl methyl sites for hydroxylation is 1. The SMILES string of the molecule is O=C(N[C@@H]1CCc2nccn2C1)c1ccc(COc2ccccc2)cc1. The van der Waals surface area contributed by atoms with Crippen LogP contribution >= 0.6 is 0 Å². The van der Waals surface area contributed by atoms with Gasteiger partial charge in [0.1, 0.15) is 18.2 Å². The molecule has 0 radical (unpaired) electrons. The first-order valence-corrected chi connectivity index (χ1v) is 8.85. The average molecular weight is 347 g/mol. The van der Waals surface area contributed by atoms with E-state index in [9.17, 15) is 4.79 Å². The van der Waals surface area contributed by atoms with E-state index in [-0.39, 0.29) is 11.9 Å². The smallest absolute Gasteiger partial charge is 0.251 e. The van der Waals surface area contributed by atoms with Crippen molar-refractivity contribution >= 4 is 5.91 Å². The van der Waals surface area contributed by atoms with Crippen molar-refractivity contribution in [2.45, 2.75) is 32.0 Å². The molecule has 2 aromatic carbocycles. The Hall–Kier alpha value is -3.08. The van der Waals surface area contributed by atoms with Gasteiger partial charge in [0.25, 0.3) is 5.91 Å². The van der Waals surface area contributed by atoms with Gasteiger partial charge in [-0.2, -0.15) is 0 Å². The van der Waals surface area contributed by atoms with Crippen molar-refractivity contribution in [3.63, 3.8) is 0 Å². The molecule has 0 spiro atoms. The van der Waals surface area contributed by atoms with Crippen LogP contribution in [0.4, 0.5) is 0 Å². The molecule has 5 heteroatoms. The molecule has 0 unspecified atom stereocenters. The van der Waals surface area contributed by atoms with Gasteiger partial charge in [-0.1, -0.05) is 30.3 Å². The monoisotopic (exact) mass is 347 g/mol. The molecule has 0 fully saturated rings. The molecule has 132 valence electrons. The standard InChI is InChI=1S/C21H21N3O2/c25-21(23-18-10-11-20-22-12-13-24(20)14-18)17-8-6-16(7-9-17)15-26-19-4-2-1-3-5-19/h1-9,12-13,18H,10-11,14-15H2,(H,23,25)/t18-/m1/s1. The summed E-state index contributed by atoms with van der Waals surface area (Å²) in [5.74, 6) is 1.90. The molecule has 0 saturated heterocycles. The summed E-state index contributed by atoms with van der Waals surface area (Å²) in [6, 6.07) is 17.4. The number of nitrogens with one attached hydrogen (secondary N) is 1. The molecule has 1 aromatic heterocycles. The molecule has 2 heterocycles. The summed E-state index contributed by atoms with van der Waals surface area (Å²) in [5.41, 5.74) is 1.70. The molecule has 26 heavy (non-hydrogen) atoms. The van der Waals surface area contributed by atoms with Crippen molar-refractivity contribution in [1.29, 1.82) is 0 Å². The molecule has 4 rings (SSSR count). The van der Waals surface area contributed by atoms with Crippen LogP contribution in [0.3, 0.4) is 0 Å². The average Bonchev–Trinajstić information content (AvgIpc) is 3.15. The second kappa shape index (κ2) is 7.44. The third-order valence-corrected chi connectivity index (χ3v) is 4.64. The number of rotatable bonds is 5. The Morgan fingerprint density at radius 2 is 1.96 bits per heavy atom. The zero-order valence-corrected chi connectivity index (χ0v) is 14.5. The lowest BCUT2D eigenvalue weighted by atomic mass is 10.1. The van der Waals surface area contributed by atoms with Gasteiger partial charge in [-0.05, 0) is 36.2 Å². The van der Waals surface area contributed by atoms with Crippen LogP contribution < -0.4 is 10.1 Å². The van der Waals surface area contributed by atoms with E-state index >= 15 is 0 Å². The minimum Gasteiger partial charge on any atom is -0.489 e. The van der Waals surface area contributed by atoms with Crippen molar-refractivity contribution in [3.8, 4) is 5.75 Å². The van der Waals surface area contributed by atoms with Crippen LogP contribution in [0.1, 0.15) is 28.2 Å². The number of carbonyl (C=O) groups is 1. The highest BCUT2D eigenvalue weighted by atomic mass is 16.5. The van der Waals surface area contributed by atoms with E-state index < -0.39 is 0 Å². The summed E-state index contributed by atoms with van der Waals surface area (Å²) in [4.78, 5) is 16.8. The van der Waals surface area contributed by atoms with Crippen molar-refractivity contribution in [2.24, 2.45) is 0 Å². The Bertz CT molecular complexity index is 872. The number of amides is 1. The highest BCUT2D eigenvalue weighted by Crippen LogP contribution is 2.15. The van der Waals surface area contributed by atoms with E-state index in [0.29, 0.717) is 12.2 Å². The molecule has 0 aliphatic carbocycles. The number of ether oxygens (including phenoxy) is 1. The van der Waals surface area contributed by atoms with Crippen LogP contribution in [0, 0.1) is 0 Å². The van der Waals surface area contributed by atoms with Gasteiger partial charge in [-0.15, -0.1) is 0 Å². The van der Waals surface area contributed by atoms with Crippen molar-refractivity contribution in [3.05, 3.63) is 83.9 Å². The Kier molecular flexibility index (Phi) is 4.69. The summed E-state index contributed by atoms with van der Waals surface area (Å²) in [5, 5.41) is 3.12. The van der Waals surface area contributed by atoms with E-state index in [2.05, 4.69) is 14.9 Å². The molecule has 1 aliphatic rings. The zero-order valence-electron chi connectivity index (χ0n) is 14.5. The fourth-order valence-corrected chi connectivity index (χ4v) is 3.19. The van der Waals surface area contributed by atoms with Gasteiger partial charge in [0, 0.05) is 37.0 Å². The van der Waals surface area contributed by atoms with E-state index in [1.165, 1.54) is 0 Å². The number of carbonyl (C=O) groups excluding carboxylic acids is 1. The number of hydrogen-bond donors (Lipinski definition) is 1. The molecule has 0 saturated carbocycles. The lowest BCUT2D eigenvalue weighted by Gasteiger charge is -2.24. The number of para-hydroxylation sites is 1. The van der Waals surface area contributed by atoms with Crippen LogP contribution in [0.15, 0.2) is 67.0 Å². The molecule has 1 atom stereocenters. The number of fused-ring (bicyclic) bond motifs is 1. The van der Waals surface area contributed by atoms with E-state index in [1.54, 1.807) is 0 Å². The first kappa shape index (κ1) is 16.4. The van der Waals surface area contributed by atoms with Crippen molar-refractivity contribution in [1.82, 2.24) is 14.9 Å². The van der Waals surface area contributed by atoms with Crippen LogP contribution in [-0.4, -0.2) is 21.5 Å². The van der Waals surface area contributed by atoms with Crippen molar-refractivity contribution in [2.75, 3.05) is 0 Å². The van der Waals surface area contributed by atoms with E-state index in [4.69, 9.17) is 4.74 Å². The molecular weight excluding hydrogens is 326 g/mol. The number of imidazole rings is 1. The summed E-state index contributed by atoms with van der Waals surface area (Å²) >= 11 is 0. The predicted octanol–water partition coefficient (Wildman–Crippen LogP) is 3.21. The highest BCUT2D eigenvalue weighted by Gasteiger charge is 2.20. The fourth-order valence-electron chi connectivity index (χ4n) is 3.19. The normalized spacial score (nSPS) is 15.9. The van der Waals surface area contributed by atoms with Crippen LogP contribution in [-0.2, 0) is 19.6 Å². The predicted molar refractivity (Wildman–Crippen MR) is 99.0 cm³/mol. The first-order chi connectivity index (χ1) is 12.8. The zero-order chi connectivity index (χ0) is 17.8. The Morgan fingerprint density at radius 3 is 2.77 bits per heavy atom. The number of hydrogen-bond acceptors (Lipinski definition) is 3. The quantitative estimate of drug-likeness (QED) is 0.771. The van der Waals surface area contributed by atoms with Crippen LogP contribution in [0.25, 0.3) is 0 Å². The van der Waals surface area contributed by atoms with E-state index in [1.807, 2.05) is 67.0 Å². The van der Waals surface area contributed by atoms with Crippen LogP contribution in [0.5, 0.6) is 5.75 Å². The van der Waals surface area contributed by atoms with Crippen LogP contribution in [0.2, 0.25) is 0 Å². The lowest BCUT2D eigenvalue weighted by molar-refractivity contribution is 0.0927. The number of benzene rings is 2. The van der Waals surface area contributed by atoms with Gasteiger partial charge in [-0.3, -0.25) is 4.79 Å². The maximum absolute atomic E-state index is 12.5. The molecule has 1 amide bonds. The van der Waals surface area contributed by atoms with Gasteiger partial charge in [-0.25, -0.2) is 4.98 Å². The molecule has 1 aliphatic heterocycles. The fraction of sp³-hybridized carbons (Fsp3) is 0.238. The maximum Gasteiger partial charge on any atom is 0.251 e. The van der Waals surface area contributed by atoms with Gasteiger partial charge in [0.2, 0.25) is 0 Å². The summed E-state index contributed by atoms with van der Waals surface area (Å²) in [7, 11) is 0. The summed E-state index contributed by atoms with van der Waals surface area (Å²) < 4.78 is 7.84. The Balaban J connectivity index is 1.32. The highest BCUT2D eigenvalue weighted by molar-refractivity contribution is 5.94. The summed E-state index contributed by atoms with van der Waals surface area (Å²) in [6.07, 6.45) is 5.60. The van der Waals surface area contributed by atoms with Gasteiger partial charge in [0.15, 0.2) is 0 Å². The third-order valence-electron chi connectivity index (χ3n) is 4.64.